The molecule has 2 saturated heterocycles. The maximum atomic E-state index is 12.5. The summed E-state index contributed by atoms with van der Waals surface area (Å²) in [5.41, 5.74) is 1.15. The summed E-state index contributed by atoms with van der Waals surface area (Å²) in [6, 6.07) is 7.94. The number of anilines is 1. The SMILES string of the molecule is CN1CCC(C(=O)N2CCN(c3cccc(Cl)c3)CC2)C1. The van der Waals surface area contributed by atoms with E-state index in [1.807, 2.05) is 23.1 Å². The van der Waals surface area contributed by atoms with Crippen molar-refractivity contribution in [2.45, 2.75) is 6.42 Å². The highest BCUT2D eigenvalue weighted by Crippen LogP contribution is 2.22. The lowest BCUT2D eigenvalue weighted by Gasteiger charge is -2.37. The Morgan fingerprint density at radius 1 is 1.19 bits per heavy atom. The van der Waals surface area contributed by atoms with Gasteiger partial charge >= 0.3 is 0 Å². The topological polar surface area (TPSA) is 26.8 Å². The number of hydrogen-bond donors (Lipinski definition) is 0. The number of rotatable bonds is 2. The van der Waals surface area contributed by atoms with Gasteiger partial charge in [0.1, 0.15) is 0 Å². The third-order valence-electron chi connectivity index (χ3n) is 4.51. The van der Waals surface area contributed by atoms with E-state index in [-0.39, 0.29) is 5.92 Å². The van der Waals surface area contributed by atoms with Crippen LogP contribution in [0.15, 0.2) is 24.3 Å². The van der Waals surface area contributed by atoms with E-state index in [1.54, 1.807) is 0 Å². The van der Waals surface area contributed by atoms with Gasteiger partial charge in [-0.1, -0.05) is 17.7 Å². The number of hydrogen-bond acceptors (Lipinski definition) is 3. The molecule has 5 heteroatoms. The largest absolute Gasteiger partial charge is 0.368 e. The molecule has 4 nitrogen and oxygen atoms in total. The van der Waals surface area contributed by atoms with Crippen molar-refractivity contribution in [3.8, 4) is 0 Å². The minimum absolute atomic E-state index is 0.202. The molecule has 3 rings (SSSR count). The molecule has 21 heavy (non-hydrogen) atoms. The van der Waals surface area contributed by atoms with Crippen LogP contribution in [-0.2, 0) is 4.79 Å². The molecule has 0 radical (unpaired) electrons. The summed E-state index contributed by atoms with van der Waals surface area (Å²) in [5.74, 6) is 0.540. The van der Waals surface area contributed by atoms with E-state index in [0.717, 1.165) is 56.4 Å². The molecule has 0 N–H and O–H groups in total. The highest BCUT2D eigenvalue weighted by Gasteiger charge is 2.31. The maximum Gasteiger partial charge on any atom is 0.227 e. The lowest BCUT2D eigenvalue weighted by atomic mass is 10.1. The number of carbonyl (C=O) groups is 1. The van der Waals surface area contributed by atoms with Crippen molar-refractivity contribution < 1.29 is 4.79 Å². The molecule has 0 bridgehead atoms. The quantitative estimate of drug-likeness (QED) is 0.835. The fourth-order valence-corrected chi connectivity index (χ4v) is 3.44. The highest BCUT2D eigenvalue weighted by atomic mass is 35.5. The molecule has 1 aromatic carbocycles. The Labute approximate surface area is 131 Å². The molecule has 114 valence electrons. The number of piperazine rings is 1. The van der Waals surface area contributed by atoms with Gasteiger partial charge in [-0.2, -0.15) is 0 Å². The van der Waals surface area contributed by atoms with Crippen LogP contribution in [0.4, 0.5) is 5.69 Å². The Morgan fingerprint density at radius 3 is 2.57 bits per heavy atom. The van der Waals surface area contributed by atoms with Gasteiger partial charge in [-0.25, -0.2) is 0 Å². The van der Waals surface area contributed by atoms with E-state index in [1.165, 1.54) is 0 Å². The zero-order valence-electron chi connectivity index (χ0n) is 12.5. The van der Waals surface area contributed by atoms with Crippen LogP contribution in [-0.4, -0.2) is 62.0 Å². The molecule has 2 aliphatic heterocycles. The first kappa shape index (κ1) is 14.7. The molecular weight excluding hydrogens is 286 g/mol. The maximum absolute atomic E-state index is 12.5. The van der Waals surface area contributed by atoms with Crippen LogP contribution in [0.5, 0.6) is 0 Å². The Kier molecular flexibility index (Phi) is 4.36. The van der Waals surface area contributed by atoms with Gasteiger partial charge in [0.05, 0.1) is 5.92 Å². The van der Waals surface area contributed by atoms with Crippen LogP contribution in [0.25, 0.3) is 0 Å². The summed E-state index contributed by atoms with van der Waals surface area (Å²) in [4.78, 5) is 19.1. The van der Waals surface area contributed by atoms with Gasteiger partial charge in [-0.05, 0) is 38.2 Å². The van der Waals surface area contributed by atoms with Gasteiger partial charge in [-0.15, -0.1) is 0 Å². The minimum atomic E-state index is 0.202. The van der Waals surface area contributed by atoms with Gasteiger partial charge < -0.3 is 14.7 Å². The van der Waals surface area contributed by atoms with E-state index >= 15 is 0 Å². The van der Waals surface area contributed by atoms with Gasteiger partial charge in [0.15, 0.2) is 0 Å². The van der Waals surface area contributed by atoms with Crippen LogP contribution < -0.4 is 4.90 Å². The first-order chi connectivity index (χ1) is 10.1. The Morgan fingerprint density at radius 2 is 1.95 bits per heavy atom. The van der Waals surface area contributed by atoms with Gasteiger partial charge in [0.25, 0.3) is 0 Å². The monoisotopic (exact) mass is 307 g/mol. The standard InChI is InChI=1S/C16H22ClN3O/c1-18-6-5-13(12-18)16(21)20-9-7-19(8-10-20)15-4-2-3-14(17)11-15/h2-4,11,13H,5-10,12H2,1H3. The van der Waals surface area contributed by atoms with E-state index in [0.29, 0.717) is 5.91 Å². The number of halogens is 1. The van der Waals surface area contributed by atoms with Crippen molar-refractivity contribution in [3.63, 3.8) is 0 Å². The summed E-state index contributed by atoms with van der Waals surface area (Å²) >= 11 is 6.05. The van der Waals surface area contributed by atoms with Crippen LogP contribution in [0.1, 0.15) is 6.42 Å². The molecule has 0 saturated carbocycles. The summed E-state index contributed by atoms with van der Waals surface area (Å²) in [6.07, 6.45) is 1.00. The van der Waals surface area contributed by atoms with Crippen LogP contribution in [0.3, 0.4) is 0 Å². The second-order valence-electron chi connectivity index (χ2n) is 6.04. The van der Waals surface area contributed by atoms with Gasteiger partial charge in [0.2, 0.25) is 5.91 Å². The van der Waals surface area contributed by atoms with Crippen molar-refractivity contribution in [2.24, 2.45) is 5.92 Å². The lowest BCUT2D eigenvalue weighted by molar-refractivity contribution is -0.135. The normalized spacial score (nSPS) is 23.6. The average Bonchev–Trinajstić information content (AvgIpc) is 2.93. The highest BCUT2D eigenvalue weighted by molar-refractivity contribution is 6.30. The van der Waals surface area contributed by atoms with Crippen molar-refractivity contribution in [3.05, 3.63) is 29.3 Å². The average molecular weight is 308 g/mol. The Hall–Kier alpha value is -1.26. The second-order valence-corrected chi connectivity index (χ2v) is 6.48. The molecule has 2 heterocycles. The summed E-state index contributed by atoms with van der Waals surface area (Å²) in [5, 5.41) is 0.764. The number of nitrogens with zero attached hydrogens (tertiary/aromatic N) is 3. The predicted octanol–water partition coefficient (Wildman–Crippen LogP) is 1.94. The van der Waals surface area contributed by atoms with E-state index in [2.05, 4.69) is 22.9 Å². The molecule has 0 aliphatic carbocycles. The first-order valence-electron chi connectivity index (χ1n) is 7.61. The zero-order valence-corrected chi connectivity index (χ0v) is 13.2. The third kappa shape index (κ3) is 3.33. The van der Waals surface area contributed by atoms with Gasteiger partial charge in [-0.3, -0.25) is 4.79 Å². The second kappa shape index (κ2) is 6.24. The summed E-state index contributed by atoms with van der Waals surface area (Å²) in [7, 11) is 2.09. The minimum Gasteiger partial charge on any atom is -0.368 e. The number of benzene rings is 1. The molecule has 1 amide bonds. The predicted molar refractivity (Wildman–Crippen MR) is 85.8 cm³/mol. The number of amides is 1. The van der Waals surface area contributed by atoms with Gasteiger partial charge in [0, 0.05) is 43.4 Å². The molecule has 0 aromatic heterocycles. The van der Waals surface area contributed by atoms with E-state index in [9.17, 15) is 4.79 Å². The van der Waals surface area contributed by atoms with Crippen molar-refractivity contribution in [1.82, 2.24) is 9.80 Å². The number of carbonyl (C=O) groups excluding carboxylic acids is 1. The first-order valence-corrected chi connectivity index (χ1v) is 7.99. The van der Waals surface area contributed by atoms with Crippen LogP contribution in [0.2, 0.25) is 5.02 Å². The van der Waals surface area contributed by atoms with Crippen LogP contribution in [0, 0.1) is 5.92 Å². The molecular formula is C16H22ClN3O. The van der Waals surface area contributed by atoms with Crippen molar-refractivity contribution >= 4 is 23.2 Å². The summed E-state index contributed by atoms with van der Waals surface area (Å²) in [6.45, 7) is 5.34. The molecule has 1 atom stereocenters. The fraction of sp³-hybridized carbons (Fsp3) is 0.562. The molecule has 1 unspecified atom stereocenters. The molecule has 1 aromatic rings. The van der Waals surface area contributed by atoms with Crippen LogP contribution >= 0.6 is 11.6 Å². The van der Waals surface area contributed by atoms with Crippen molar-refractivity contribution in [1.29, 1.82) is 0 Å². The van der Waals surface area contributed by atoms with E-state index in [4.69, 9.17) is 11.6 Å². The lowest BCUT2D eigenvalue weighted by Crippen LogP contribution is -2.50. The van der Waals surface area contributed by atoms with Crippen molar-refractivity contribution in [2.75, 3.05) is 51.2 Å². The number of likely N-dealkylation sites (tertiary alicyclic amines) is 1. The Bertz CT molecular complexity index is 514. The molecule has 0 spiro atoms. The smallest absolute Gasteiger partial charge is 0.227 e. The molecule has 2 fully saturated rings. The third-order valence-corrected chi connectivity index (χ3v) is 4.74. The summed E-state index contributed by atoms with van der Waals surface area (Å²) < 4.78 is 0. The Balaban J connectivity index is 1.56. The zero-order chi connectivity index (χ0) is 14.8. The van der Waals surface area contributed by atoms with E-state index < -0.39 is 0 Å². The molecule has 2 aliphatic rings. The fourth-order valence-electron chi connectivity index (χ4n) is 3.25.